The molecular weight excluding hydrogens is 468 g/mol. The number of aliphatic hydroxyl groups excluding tert-OH is 2. The van der Waals surface area contributed by atoms with Crippen molar-refractivity contribution in [1.82, 2.24) is 30.0 Å². The van der Waals surface area contributed by atoms with Gasteiger partial charge in [-0.05, 0) is 72.5 Å². The molecule has 0 saturated heterocycles. The third-order valence-corrected chi connectivity index (χ3v) is 6.07. The van der Waals surface area contributed by atoms with E-state index in [1.807, 2.05) is 84.9 Å². The first-order valence-corrected chi connectivity index (χ1v) is 12.0. The van der Waals surface area contributed by atoms with Crippen LogP contribution in [0.15, 0.2) is 84.9 Å². The van der Waals surface area contributed by atoms with Crippen LogP contribution >= 0.6 is 0 Å². The minimum Gasteiger partial charge on any atom is -0.453 e. The molecule has 0 aliphatic rings. The van der Waals surface area contributed by atoms with Crippen molar-refractivity contribution in [3.8, 4) is 22.9 Å². The predicted octanol–water partition coefficient (Wildman–Crippen LogP) is 4.02. The van der Waals surface area contributed by atoms with Crippen molar-refractivity contribution in [2.24, 2.45) is 0 Å². The molecule has 0 fully saturated rings. The van der Waals surface area contributed by atoms with E-state index in [9.17, 15) is 10.2 Å². The number of hydrogen-bond acceptors (Lipinski definition) is 7. The molecule has 0 amide bonds. The molecule has 2 N–H and O–H groups in total. The highest BCUT2D eigenvalue weighted by Crippen LogP contribution is 2.33. The van der Waals surface area contributed by atoms with Crippen LogP contribution in [0.2, 0.25) is 0 Å². The molecule has 2 aromatic heterocycles. The Bertz CT molecular complexity index is 1520. The summed E-state index contributed by atoms with van der Waals surface area (Å²) in [6.07, 6.45) is 0.998. The van der Waals surface area contributed by atoms with Gasteiger partial charge in [0.2, 0.25) is 0 Å². The molecule has 9 heteroatoms. The number of ether oxygens (including phenoxy) is 1. The first-order valence-electron chi connectivity index (χ1n) is 12.0. The van der Waals surface area contributed by atoms with Gasteiger partial charge in [-0.25, -0.2) is 0 Å². The van der Waals surface area contributed by atoms with Crippen LogP contribution in [-0.2, 0) is 12.8 Å². The number of hydrogen-bond donors (Lipinski definition) is 2. The normalized spacial score (nSPS) is 11.4. The summed E-state index contributed by atoms with van der Waals surface area (Å²) in [5.74, 6) is 1.07. The van der Waals surface area contributed by atoms with E-state index in [1.54, 1.807) is 9.59 Å². The summed E-state index contributed by atoms with van der Waals surface area (Å²) in [6.45, 7) is 0.0618. The van der Waals surface area contributed by atoms with E-state index >= 15 is 0 Å². The van der Waals surface area contributed by atoms with Gasteiger partial charge in [0, 0.05) is 13.2 Å². The molecule has 0 spiro atoms. The lowest BCUT2D eigenvalue weighted by Crippen LogP contribution is -2.06. The number of aliphatic hydroxyl groups is 2. The van der Waals surface area contributed by atoms with Crippen molar-refractivity contribution < 1.29 is 14.9 Å². The Labute approximate surface area is 212 Å². The number of fused-ring (bicyclic) bond motifs is 2. The van der Waals surface area contributed by atoms with Gasteiger partial charge in [-0.1, -0.05) is 36.4 Å². The van der Waals surface area contributed by atoms with Gasteiger partial charge in [0.15, 0.2) is 11.5 Å². The Morgan fingerprint density at radius 2 is 0.919 bits per heavy atom. The maximum absolute atomic E-state index is 9.49. The predicted molar refractivity (Wildman–Crippen MR) is 139 cm³/mol. The van der Waals surface area contributed by atoms with Crippen molar-refractivity contribution >= 4 is 22.1 Å². The zero-order chi connectivity index (χ0) is 25.2. The van der Waals surface area contributed by atoms with E-state index < -0.39 is 0 Å². The topological polar surface area (TPSA) is 111 Å². The second kappa shape index (κ2) is 9.81. The Morgan fingerprint density at radius 3 is 1.27 bits per heavy atom. The number of benzene rings is 4. The van der Waals surface area contributed by atoms with Crippen molar-refractivity contribution in [3.63, 3.8) is 0 Å². The molecule has 2 heterocycles. The van der Waals surface area contributed by atoms with Gasteiger partial charge >= 0.3 is 0 Å². The van der Waals surface area contributed by atoms with Gasteiger partial charge in [0.1, 0.15) is 33.4 Å². The summed E-state index contributed by atoms with van der Waals surface area (Å²) in [7, 11) is 0. The quantitative estimate of drug-likeness (QED) is 0.330. The lowest BCUT2D eigenvalue weighted by Gasteiger charge is -2.15. The molecule has 0 atom stereocenters. The van der Waals surface area contributed by atoms with E-state index in [-0.39, 0.29) is 13.2 Å². The summed E-state index contributed by atoms with van der Waals surface area (Å²) in [4.78, 5) is 3.11. The van der Waals surface area contributed by atoms with Gasteiger partial charge in [-0.15, -0.1) is 30.0 Å². The van der Waals surface area contributed by atoms with Crippen LogP contribution in [0.3, 0.4) is 0 Å². The average molecular weight is 493 g/mol. The summed E-state index contributed by atoms with van der Waals surface area (Å²) in [6, 6.07) is 26.7. The highest BCUT2D eigenvalue weighted by Gasteiger charge is 2.17. The lowest BCUT2D eigenvalue weighted by molar-refractivity contribution is 0.299. The molecule has 6 aromatic rings. The fourth-order valence-corrected chi connectivity index (χ4v) is 4.23. The SMILES string of the molecule is OCCc1ccc(Oc2ccc(CCO)cc2-n2nc3ccccc3n2)c(-n2nc3ccccc3n2)c1. The summed E-state index contributed by atoms with van der Waals surface area (Å²) in [5, 5.41) is 37.5. The molecule has 4 aromatic carbocycles. The Hall–Kier alpha value is -4.60. The molecule has 0 saturated carbocycles. The highest BCUT2D eigenvalue weighted by molar-refractivity contribution is 5.74. The van der Waals surface area contributed by atoms with E-state index in [2.05, 4.69) is 20.4 Å². The highest BCUT2D eigenvalue weighted by atomic mass is 16.5. The maximum Gasteiger partial charge on any atom is 0.155 e. The van der Waals surface area contributed by atoms with Crippen LogP contribution in [0.4, 0.5) is 0 Å². The van der Waals surface area contributed by atoms with E-state index in [4.69, 9.17) is 4.74 Å². The van der Waals surface area contributed by atoms with Crippen LogP contribution in [0.25, 0.3) is 33.4 Å². The number of rotatable bonds is 8. The molecule has 0 aliphatic heterocycles. The minimum atomic E-state index is 0.0309. The molecule has 0 aliphatic carbocycles. The Balaban J connectivity index is 1.47. The first-order chi connectivity index (χ1) is 18.2. The van der Waals surface area contributed by atoms with E-state index in [1.165, 1.54) is 0 Å². The summed E-state index contributed by atoms with van der Waals surface area (Å²) < 4.78 is 6.48. The average Bonchev–Trinajstić information content (AvgIpc) is 3.55. The van der Waals surface area contributed by atoms with Gasteiger partial charge in [0.25, 0.3) is 0 Å². The lowest BCUT2D eigenvalue weighted by atomic mass is 10.1. The van der Waals surface area contributed by atoms with Crippen molar-refractivity contribution in [2.75, 3.05) is 13.2 Å². The van der Waals surface area contributed by atoms with Gasteiger partial charge in [-0.3, -0.25) is 0 Å². The second-order valence-electron chi connectivity index (χ2n) is 8.61. The number of nitrogens with zero attached hydrogens (tertiary/aromatic N) is 6. The molecule has 0 unspecified atom stereocenters. The van der Waals surface area contributed by atoms with Crippen molar-refractivity contribution in [2.45, 2.75) is 12.8 Å². The summed E-state index contributed by atoms with van der Waals surface area (Å²) >= 11 is 0. The zero-order valence-corrected chi connectivity index (χ0v) is 19.9. The van der Waals surface area contributed by atoms with E-state index in [0.29, 0.717) is 35.7 Å². The van der Waals surface area contributed by atoms with Crippen LogP contribution in [0, 0.1) is 0 Å². The molecule has 6 rings (SSSR count). The molecular formula is C28H24N6O3. The minimum absolute atomic E-state index is 0.0309. The van der Waals surface area contributed by atoms with Gasteiger partial charge < -0.3 is 14.9 Å². The van der Waals surface area contributed by atoms with Crippen molar-refractivity contribution in [1.29, 1.82) is 0 Å². The van der Waals surface area contributed by atoms with Gasteiger partial charge in [0.05, 0.1) is 0 Å². The van der Waals surface area contributed by atoms with E-state index in [0.717, 1.165) is 33.2 Å². The fraction of sp³-hybridized carbons (Fsp3) is 0.143. The standard InChI is InChI=1S/C28H24N6O3/c35-15-13-19-9-11-27(25(17-19)33-29-21-5-1-2-6-22(21)30-33)37-28-12-10-20(14-16-36)18-26(28)34-31-23-7-3-4-8-24(23)32-34/h1-12,17-18,35-36H,13-16H2. The number of aromatic nitrogens is 6. The first kappa shape index (κ1) is 22.8. The molecule has 9 nitrogen and oxygen atoms in total. The second-order valence-corrected chi connectivity index (χ2v) is 8.61. The molecule has 0 radical (unpaired) electrons. The van der Waals surface area contributed by atoms with Crippen LogP contribution in [0.1, 0.15) is 11.1 Å². The molecule has 0 bridgehead atoms. The van der Waals surface area contributed by atoms with Crippen LogP contribution < -0.4 is 4.74 Å². The Morgan fingerprint density at radius 1 is 0.541 bits per heavy atom. The fourth-order valence-electron chi connectivity index (χ4n) is 4.23. The summed E-state index contributed by atoms with van der Waals surface area (Å²) in [5.41, 5.74) is 6.22. The molecule has 37 heavy (non-hydrogen) atoms. The smallest absolute Gasteiger partial charge is 0.155 e. The van der Waals surface area contributed by atoms with Crippen LogP contribution in [-0.4, -0.2) is 53.4 Å². The van der Waals surface area contributed by atoms with Gasteiger partial charge in [-0.2, -0.15) is 0 Å². The Kier molecular flexibility index (Phi) is 6.05. The van der Waals surface area contributed by atoms with Crippen molar-refractivity contribution in [3.05, 3.63) is 96.1 Å². The third kappa shape index (κ3) is 4.53. The largest absolute Gasteiger partial charge is 0.453 e. The zero-order valence-electron chi connectivity index (χ0n) is 19.9. The van der Waals surface area contributed by atoms with Crippen LogP contribution in [0.5, 0.6) is 11.5 Å². The third-order valence-electron chi connectivity index (χ3n) is 6.07. The maximum atomic E-state index is 9.49. The monoisotopic (exact) mass is 492 g/mol. The molecule has 184 valence electrons.